The molecule has 1 aromatic rings. The smallest absolute Gasteiger partial charge is 0.403 e. The van der Waals surface area contributed by atoms with E-state index in [-0.39, 0.29) is 11.3 Å². The van der Waals surface area contributed by atoms with Gasteiger partial charge in [0.2, 0.25) is 5.91 Å². The second-order valence-electron chi connectivity index (χ2n) is 4.46. The van der Waals surface area contributed by atoms with E-state index in [1.165, 1.54) is 38.1 Å². The first-order valence-corrected chi connectivity index (χ1v) is 7.59. The van der Waals surface area contributed by atoms with Crippen LogP contribution in [0.5, 0.6) is 5.75 Å². The second-order valence-corrected chi connectivity index (χ2v) is 5.62. The number of hydrogen-bond acceptors (Lipinski definition) is 5. The van der Waals surface area contributed by atoms with E-state index < -0.39 is 31.6 Å². The molecule has 0 aromatic heterocycles. The van der Waals surface area contributed by atoms with Crippen LogP contribution in [0.1, 0.15) is 24.2 Å². The van der Waals surface area contributed by atoms with Crippen molar-refractivity contribution in [3.05, 3.63) is 29.8 Å². The molecular weight excluding hydrogens is 299 g/mol. The van der Waals surface area contributed by atoms with E-state index in [4.69, 9.17) is 15.5 Å². The molecule has 1 aromatic carbocycles. The largest absolute Gasteiger partial charge is 0.524 e. The third kappa shape index (κ3) is 5.28. The van der Waals surface area contributed by atoms with E-state index in [1.54, 1.807) is 0 Å². The molecule has 5 N–H and O–H groups in total. The van der Waals surface area contributed by atoms with E-state index in [2.05, 4.69) is 9.84 Å². The van der Waals surface area contributed by atoms with Gasteiger partial charge in [-0.2, -0.15) is 0 Å². The monoisotopic (exact) mass is 316 g/mol. The fourth-order valence-corrected chi connectivity index (χ4v) is 1.94. The minimum Gasteiger partial charge on any atom is -0.403 e. The molecule has 0 spiro atoms. The van der Waals surface area contributed by atoms with Gasteiger partial charge in [0, 0.05) is 0 Å². The highest BCUT2D eigenvalue weighted by Gasteiger charge is 2.25. The molecule has 0 bridgehead atoms. The fourth-order valence-electron chi connectivity index (χ4n) is 1.52. The van der Waals surface area contributed by atoms with Crippen molar-refractivity contribution in [1.29, 1.82) is 0 Å². The zero-order chi connectivity index (χ0) is 16.2. The Morgan fingerprint density at radius 3 is 2.38 bits per heavy atom. The van der Waals surface area contributed by atoms with E-state index in [0.29, 0.717) is 0 Å². The molecule has 0 aliphatic carbocycles. The van der Waals surface area contributed by atoms with Crippen molar-refractivity contribution >= 4 is 19.5 Å². The second kappa shape index (κ2) is 6.82. The van der Waals surface area contributed by atoms with Gasteiger partial charge in [0.05, 0.1) is 17.6 Å². The molecule has 0 radical (unpaired) electrons. The fraction of sp³-hybridized carbons (Fsp3) is 0.333. The first kappa shape index (κ1) is 17.3. The van der Waals surface area contributed by atoms with Crippen LogP contribution in [0, 0.1) is 0 Å². The van der Waals surface area contributed by atoms with Crippen LogP contribution in [0.15, 0.2) is 24.3 Å². The number of phosphoric acid groups is 1. The standard InChI is InChI=1S/C12H17N2O6P/c1-7(13)12(16)14-8(2)11(15)9-5-3-4-6-10(9)20-21(17,18)19/h3-8H,13H2,1-2H3,(H,14,16)(H2,17,18,19)/t7-,8-/m0/s1. The van der Waals surface area contributed by atoms with Gasteiger partial charge in [0.1, 0.15) is 5.75 Å². The maximum atomic E-state index is 12.2. The van der Waals surface area contributed by atoms with Gasteiger partial charge >= 0.3 is 7.82 Å². The first-order valence-electron chi connectivity index (χ1n) is 6.06. The van der Waals surface area contributed by atoms with Crippen molar-refractivity contribution in [3.63, 3.8) is 0 Å². The van der Waals surface area contributed by atoms with Crippen molar-refractivity contribution < 1.29 is 28.5 Å². The highest BCUT2D eigenvalue weighted by molar-refractivity contribution is 7.46. The number of ketones is 1. The predicted octanol–water partition coefficient (Wildman–Crippen LogP) is 0.193. The molecule has 0 saturated heterocycles. The van der Waals surface area contributed by atoms with Crippen LogP contribution in [-0.4, -0.2) is 33.6 Å². The zero-order valence-electron chi connectivity index (χ0n) is 11.5. The summed E-state index contributed by atoms with van der Waals surface area (Å²) in [6.45, 7) is 2.91. The Hall–Kier alpha value is -1.73. The average Bonchev–Trinajstić information content (AvgIpc) is 2.36. The molecule has 0 unspecified atom stereocenters. The van der Waals surface area contributed by atoms with E-state index in [1.807, 2.05) is 0 Å². The van der Waals surface area contributed by atoms with Crippen molar-refractivity contribution in [3.8, 4) is 5.75 Å². The molecule has 0 heterocycles. The molecule has 1 rings (SSSR count). The number of phosphoric ester groups is 1. The summed E-state index contributed by atoms with van der Waals surface area (Å²) in [7, 11) is -4.79. The van der Waals surface area contributed by atoms with Gasteiger partial charge in [-0.05, 0) is 26.0 Å². The molecule has 0 aliphatic rings. The van der Waals surface area contributed by atoms with Crippen molar-refractivity contribution in [1.82, 2.24) is 5.32 Å². The maximum Gasteiger partial charge on any atom is 0.524 e. The van der Waals surface area contributed by atoms with Crippen LogP contribution in [-0.2, 0) is 9.36 Å². The quantitative estimate of drug-likeness (QED) is 0.434. The van der Waals surface area contributed by atoms with Gasteiger partial charge < -0.3 is 15.6 Å². The molecule has 0 aliphatic heterocycles. The SMILES string of the molecule is C[C@H](N)C(=O)N[C@@H](C)C(=O)c1ccccc1OP(=O)(O)O. The van der Waals surface area contributed by atoms with Crippen LogP contribution in [0.3, 0.4) is 0 Å². The van der Waals surface area contributed by atoms with Gasteiger partial charge in [-0.1, -0.05) is 12.1 Å². The molecule has 21 heavy (non-hydrogen) atoms. The van der Waals surface area contributed by atoms with Crippen LogP contribution in [0.4, 0.5) is 0 Å². The lowest BCUT2D eigenvalue weighted by Gasteiger charge is -2.16. The number of carbonyl (C=O) groups excluding carboxylic acids is 2. The van der Waals surface area contributed by atoms with Gasteiger partial charge in [-0.3, -0.25) is 19.4 Å². The summed E-state index contributed by atoms with van der Waals surface area (Å²) in [4.78, 5) is 41.3. The zero-order valence-corrected chi connectivity index (χ0v) is 12.4. The van der Waals surface area contributed by atoms with Crippen LogP contribution < -0.4 is 15.6 Å². The summed E-state index contributed by atoms with van der Waals surface area (Å²) >= 11 is 0. The number of hydrogen-bond donors (Lipinski definition) is 4. The lowest BCUT2D eigenvalue weighted by molar-refractivity contribution is -0.122. The summed E-state index contributed by atoms with van der Waals surface area (Å²) in [5.74, 6) is -1.31. The number of Topliss-reactive ketones (excluding diaryl/α,β-unsaturated/α-hetero) is 1. The third-order valence-corrected chi connectivity index (χ3v) is 2.97. The van der Waals surface area contributed by atoms with Gasteiger partial charge in [-0.15, -0.1) is 0 Å². The molecule has 2 atom stereocenters. The number of nitrogens with two attached hydrogens (primary N) is 1. The summed E-state index contributed by atoms with van der Waals surface area (Å²) in [6, 6.07) is 3.90. The maximum absolute atomic E-state index is 12.2. The van der Waals surface area contributed by atoms with Crippen molar-refractivity contribution in [2.45, 2.75) is 25.9 Å². The summed E-state index contributed by atoms with van der Waals surface area (Å²) < 4.78 is 15.4. The molecular formula is C12H17N2O6P. The summed E-state index contributed by atoms with van der Waals surface area (Å²) in [5.41, 5.74) is 5.34. The highest BCUT2D eigenvalue weighted by atomic mass is 31.2. The Kier molecular flexibility index (Phi) is 5.62. The Morgan fingerprint density at radius 2 is 1.86 bits per heavy atom. The lowest BCUT2D eigenvalue weighted by Crippen LogP contribution is -2.45. The number of amides is 1. The molecule has 9 heteroatoms. The Labute approximate surface area is 121 Å². The first-order chi connectivity index (χ1) is 9.61. The number of rotatable bonds is 6. The summed E-state index contributed by atoms with van der Waals surface area (Å²) in [5, 5.41) is 2.40. The van der Waals surface area contributed by atoms with Gasteiger partial charge in [0.25, 0.3) is 0 Å². The Balaban J connectivity index is 2.97. The molecule has 8 nitrogen and oxygen atoms in total. The average molecular weight is 316 g/mol. The topological polar surface area (TPSA) is 139 Å². The van der Waals surface area contributed by atoms with E-state index >= 15 is 0 Å². The van der Waals surface area contributed by atoms with E-state index in [9.17, 15) is 14.2 Å². The lowest BCUT2D eigenvalue weighted by atomic mass is 10.0. The van der Waals surface area contributed by atoms with Crippen molar-refractivity contribution in [2.24, 2.45) is 5.73 Å². The summed E-state index contributed by atoms with van der Waals surface area (Å²) in [6.07, 6.45) is 0. The minimum absolute atomic E-state index is 0.0432. The number of para-hydroxylation sites is 1. The van der Waals surface area contributed by atoms with Crippen molar-refractivity contribution in [2.75, 3.05) is 0 Å². The minimum atomic E-state index is -4.79. The van der Waals surface area contributed by atoms with E-state index in [0.717, 1.165) is 0 Å². The Morgan fingerprint density at radius 1 is 1.29 bits per heavy atom. The normalized spacial score (nSPS) is 14.1. The van der Waals surface area contributed by atoms with Crippen LogP contribution >= 0.6 is 7.82 Å². The molecule has 1 amide bonds. The van der Waals surface area contributed by atoms with Crippen LogP contribution in [0.25, 0.3) is 0 Å². The number of carbonyl (C=O) groups is 2. The third-order valence-electron chi connectivity index (χ3n) is 2.54. The molecule has 0 fully saturated rings. The van der Waals surface area contributed by atoms with Crippen LogP contribution in [0.2, 0.25) is 0 Å². The highest BCUT2D eigenvalue weighted by Crippen LogP contribution is 2.39. The molecule has 0 saturated carbocycles. The number of nitrogens with one attached hydrogen (secondary N) is 1. The predicted molar refractivity (Wildman–Crippen MR) is 74.7 cm³/mol. The molecule has 116 valence electrons. The van der Waals surface area contributed by atoms with Gasteiger partial charge in [0.15, 0.2) is 5.78 Å². The Bertz CT molecular complexity index is 583. The van der Waals surface area contributed by atoms with Gasteiger partial charge in [-0.25, -0.2) is 4.57 Å². The number of benzene rings is 1.